The van der Waals surface area contributed by atoms with Crippen molar-refractivity contribution in [3.8, 4) is 11.3 Å². The zero-order valence-electron chi connectivity index (χ0n) is 9.70. The molecule has 0 fully saturated rings. The van der Waals surface area contributed by atoms with Gasteiger partial charge in [0.25, 0.3) is 0 Å². The maximum atomic E-state index is 4.21. The summed E-state index contributed by atoms with van der Waals surface area (Å²) in [5, 5.41) is 4.21. The Labute approximate surface area is 90.6 Å². The second-order valence-corrected chi connectivity index (χ2v) is 4.11. The van der Waals surface area contributed by atoms with Crippen LogP contribution in [0.5, 0.6) is 0 Å². The average Bonchev–Trinajstić information content (AvgIpc) is 2.50. The topological polar surface area (TPSA) is 17.8 Å². The molecule has 0 aliphatic heterocycles. The van der Waals surface area contributed by atoms with Gasteiger partial charge < -0.3 is 0 Å². The number of hydrogen-bond acceptors (Lipinski definition) is 1. The Morgan fingerprint density at radius 1 is 1.07 bits per heavy atom. The van der Waals surface area contributed by atoms with Crippen LogP contribution in [0.1, 0.15) is 16.7 Å². The summed E-state index contributed by atoms with van der Waals surface area (Å²) in [6.45, 7) is 6.44. The number of nitrogens with zero attached hydrogens (tertiary/aromatic N) is 2. The fourth-order valence-corrected chi connectivity index (χ4v) is 2.20. The summed E-state index contributed by atoms with van der Waals surface area (Å²) < 4.78 is 1.92. The molecule has 2 aromatic rings. The van der Waals surface area contributed by atoms with Crippen LogP contribution in [0.2, 0.25) is 0 Å². The molecular formula is C13H16N2. The molecule has 2 heteroatoms. The molecule has 78 valence electrons. The van der Waals surface area contributed by atoms with Gasteiger partial charge in [-0.25, -0.2) is 0 Å². The first kappa shape index (κ1) is 9.97. The van der Waals surface area contributed by atoms with Gasteiger partial charge in [0.15, 0.2) is 0 Å². The number of hydrogen-bond donors (Lipinski definition) is 0. The smallest absolute Gasteiger partial charge is 0.0684 e. The zero-order chi connectivity index (χ0) is 11.0. The van der Waals surface area contributed by atoms with E-state index in [9.17, 15) is 0 Å². The predicted octanol–water partition coefficient (Wildman–Crippen LogP) is 3.01. The van der Waals surface area contributed by atoms with Gasteiger partial charge >= 0.3 is 0 Å². The Balaban J connectivity index is 2.68. The van der Waals surface area contributed by atoms with Crippen molar-refractivity contribution in [1.29, 1.82) is 0 Å². The molecule has 0 radical (unpaired) electrons. The summed E-state index contributed by atoms with van der Waals surface area (Å²) in [6, 6.07) is 6.50. The molecular weight excluding hydrogens is 184 g/mol. The van der Waals surface area contributed by atoms with Crippen LogP contribution in [0, 0.1) is 20.8 Å². The maximum Gasteiger partial charge on any atom is 0.0684 e. The molecule has 0 aliphatic rings. The van der Waals surface area contributed by atoms with E-state index in [1.165, 1.54) is 27.9 Å². The quantitative estimate of drug-likeness (QED) is 0.692. The monoisotopic (exact) mass is 200 g/mol. The molecule has 0 amide bonds. The zero-order valence-corrected chi connectivity index (χ0v) is 9.70. The standard InChI is InChI=1S/C13H16N2/c1-9-7-10(2)13(11(3)8-9)12-5-6-14-15(12)4/h5-8H,1-4H3. The Bertz CT molecular complexity index is 472. The molecule has 0 saturated heterocycles. The molecule has 0 N–H and O–H groups in total. The second kappa shape index (κ2) is 3.54. The van der Waals surface area contributed by atoms with Gasteiger partial charge in [0.05, 0.1) is 5.69 Å². The normalized spacial score (nSPS) is 10.7. The molecule has 0 spiro atoms. The molecule has 1 aromatic heterocycles. The molecule has 2 rings (SSSR count). The summed E-state index contributed by atoms with van der Waals surface area (Å²) in [6.07, 6.45) is 1.84. The first-order valence-electron chi connectivity index (χ1n) is 5.16. The fraction of sp³-hybridized carbons (Fsp3) is 0.308. The SMILES string of the molecule is Cc1cc(C)c(-c2ccnn2C)c(C)c1. The highest BCUT2D eigenvalue weighted by atomic mass is 15.3. The third-order valence-corrected chi connectivity index (χ3v) is 2.75. The van der Waals surface area contributed by atoms with E-state index >= 15 is 0 Å². The van der Waals surface area contributed by atoms with Crippen LogP contribution >= 0.6 is 0 Å². The molecule has 0 bridgehead atoms. The van der Waals surface area contributed by atoms with Crippen molar-refractivity contribution in [2.75, 3.05) is 0 Å². The van der Waals surface area contributed by atoms with Gasteiger partial charge in [0, 0.05) is 18.8 Å². The van der Waals surface area contributed by atoms with Crippen molar-refractivity contribution < 1.29 is 0 Å². The van der Waals surface area contributed by atoms with Gasteiger partial charge in [-0.2, -0.15) is 5.10 Å². The molecule has 0 saturated carbocycles. The van der Waals surface area contributed by atoms with Crippen LogP contribution in [0.25, 0.3) is 11.3 Å². The minimum absolute atomic E-state index is 1.19. The molecule has 2 nitrogen and oxygen atoms in total. The van der Waals surface area contributed by atoms with E-state index in [4.69, 9.17) is 0 Å². The lowest BCUT2D eigenvalue weighted by Gasteiger charge is -2.11. The fourth-order valence-electron chi connectivity index (χ4n) is 2.20. The molecule has 0 aliphatic carbocycles. The predicted molar refractivity (Wildman–Crippen MR) is 62.9 cm³/mol. The third-order valence-electron chi connectivity index (χ3n) is 2.75. The number of benzene rings is 1. The van der Waals surface area contributed by atoms with Crippen molar-refractivity contribution in [2.24, 2.45) is 7.05 Å². The minimum Gasteiger partial charge on any atom is -0.268 e. The van der Waals surface area contributed by atoms with Crippen LogP contribution in [0.4, 0.5) is 0 Å². The molecule has 1 aromatic carbocycles. The van der Waals surface area contributed by atoms with Gasteiger partial charge in [-0.1, -0.05) is 17.7 Å². The van der Waals surface area contributed by atoms with Gasteiger partial charge in [0.2, 0.25) is 0 Å². The number of rotatable bonds is 1. The van der Waals surface area contributed by atoms with E-state index < -0.39 is 0 Å². The maximum absolute atomic E-state index is 4.21. The molecule has 1 heterocycles. The van der Waals surface area contributed by atoms with Crippen molar-refractivity contribution in [1.82, 2.24) is 9.78 Å². The number of aryl methyl sites for hydroxylation is 4. The van der Waals surface area contributed by atoms with Crippen LogP contribution in [0.15, 0.2) is 24.4 Å². The van der Waals surface area contributed by atoms with Gasteiger partial charge in [-0.3, -0.25) is 4.68 Å². The lowest BCUT2D eigenvalue weighted by Crippen LogP contribution is -1.97. The van der Waals surface area contributed by atoms with Crippen molar-refractivity contribution in [2.45, 2.75) is 20.8 Å². The summed E-state index contributed by atoms with van der Waals surface area (Å²) in [5.74, 6) is 0. The van der Waals surface area contributed by atoms with E-state index in [1.54, 1.807) is 0 Å². The van der Waals surface area contributed by atoms with E-state index in [1.807, 2.05) is 17.9 Å². The van der Waals surface area contributed by atoms with Crippen molar-refractivity contribution in [3.05, 3.63) is 41.1 Å². The summed E-state index contributed by atoms with van der Waals surface area (Å²) in [4.78, 5) is 0. The average molecular weight is 200 g/mol. The lowest BCUT2D eigenvalue weighted by molar-refractivity contribution is 0.775. The highest BCUT2D eigenvalue weighted by Gasteiger charge is 2.09. The Morgan fingerprint density at radius 2 is 1.67 bits per heavy atom. The Kier molecular flexibility index (Phi) is 2.35. The van der Waals surface area contributed by atoms with Crippen LogP contribution in [-0.2, 0) is 7.05 Å². The van der Waals surface area contributed by atoms with Gasteiger partial charge in [0.1, 0.15) is 0 Å². The van der Waals surface area contributed by atoms with Gasteiger partial charge in [-0.15, -0.1) is 0 Å². The lowest BCUT2D eigenvalue weighted by atomic mass is 9.97. The highest BCUT2D eigenvalue weighted by Crippen LogP contribution is 2.27. The van der Waals surface area contributed by atoms with Crippen LogP contribution in [-0.4, -0.2) is 9.78 Å². The first-order chi connectivity index (χ1) is 7.09. The van der Waals surface area contributed by atoms with Gasteiger partial charge in [-0.05, 0) is 38.0 Å². The number of aromatic nitrogens is 2. The summed E-state index contributed by atoms with van der Waals surface area (Å²) in [5.41, 5.74) is 6.44. The highest BCUT2D eigenvalue weighted by molar-refractivity contribution is 5.68. The van der Waals surface area contributed by atoms with E-state index in [0.29, 0.717) is 0 Å². The van der Waals surface area contributed by atoms with Crippen LogP contribution in [0.3, 0.4) is 0 Å². The second-order valence-electron chi connectivity index (χ2n) is 4.11. The van der Waals surface area contributed by atoms with Crippen molar-refractivity contribution >= 4 is 0 Å². The Morgan fingerprint density at radius 3 is 2.13 bits per heavy atom. The van der Waals surface area contributed by atoms with E-state index in [-0.39, 0.29) is 0 Å². The molecule has 15 heavy (non-hydrogen) atoms. The summed E-state index contributed by atoms with van der Waals surface area (Å²) >= 11 is 0. The molecule has 0 unspecified atom stereocenters. The summed E-state index contributed by atoms with van der Waals surface area (Å²) in [7, 11) is 1.98. The van der Waals surface area contributed by atoms with E-state index in [0.717, 1.165) is 0 Å². The molecule has 0 atom stereocenters. The van der Waals surface area contributed by atoms with Crippen molar-refractivity contribution in [3.63, 3.8) is 0 Å². The largest absolute Gasteiger partial charge is 0.268 e. The minimum atomic E-state index is 1.19. The third kappa shape index (κ3) is 1.67. The van der Waals surface area contributed by atoms with Crippen LogP contribution < -0.4 is 0 Å². The Hall–Kier alpha value is -1.57. The van der Waals surface area contributed by atoms with E-state index in [2.05, 4.69) is 44.1 Å². The first-order valence-corrected chi connectivity index (χ1v) is 5.16.